The van der Waals surface area contributed by atoms with Crippen LogP contribution >= 0.6 is 0 Å². The van der Waals surface area contributed by atoms with Crippen LogP contribution in [0, 0.1) is 13.8 Å². The van der Waals surface area contributed by atoms with Gasteiger partial charge < -0.3 is 4.98 Å². The number of H-pyrrole nitrogens is 1. The number of aromatic nitrogens is 2. The van der Waals surface area contributed by atoms with Gasteiger partial charge in [0.1, 0.15) is 5.82 Å². The van der Waals surface area contributed by atoms with Crippen molar-refractivity contribution < 1.29 is 0 Å². The number of aromatic amines is 1. The molecule has 0 spiro atoms. The van der Waals surface area contributed by atoms with Gasteiger partial charge in [0, 0.05) is 5.56 Å². The van der Waals surface area contributed by atoms with Crippen LogP contribution in [0.5, 0.6) is 0 Å². The van der Waals surface area contributed by atoms with Crippen LogP contribution in [0.25, 0.3) is 22.4 Å². The van der Waals surface area contributed by atoms with E-state index < -0.39 is 0 Å². The first-order chi connectivity index (χ1) is 9.17. The zero-order chi connectivity index (χ0) is 13.4. The lowest BCUT2D eigenvalue weighted by atomic mass is 10.1. The van der Waals surface area contributed by atoms with Gasteiger partial charge in [0.15, 0.2) is 0 Å². The molecule has 0 amide bonds. The van der Waals surface area contributed by atoms with Gasteiger partial charge in [0.2, 0.25) is 0 Å². The molecule has 19 heavy (non-hydrogen) atoms. The predicted molar refractivity (Wildman–Crippen MR) is 80.4 cm³/mol. The van der Waals surface area contributed by atoms with Gasteiger partial charge >= 0.3 is 0 Å². The molecule has 0 bridgehead atoms. The Morgan fingerprint density at radius 1 is 1.05 bits per heavy atom. The van der Waals surface area contributed by atoms with E-state index in [0.29, 0.717) is 0 Å². The second-order valence-corrected chi connectivity index (χ2v) is 5.11. The molecule has 1 aromatic heterocycles. The molecule has 0 radical (unpaired) electrons. The quantitative estimate of drug-likeness (QED) is 0.717. The predicted octanol–water partition coefficient (Wildman–Crippen LogP) is 4.41. The number of hydrogen-bond acceptors (Lipinski definition) is 1. The average molecular weight is 250 g/mol. The normalized spacial score (nSPS) is 11.1. The molecular formula is C17H18N2. The summed E-state index contributed by atoms with van der Waals surface area (Å²) in [5, 5.41) is 0. The van der Waals surface area contributed by atoms with E-state index >= 15 is 0 Å². The minimum atomic E-state index is 0.962. The number of fused-ring (bicyclic) bond motifs is 1. The Hall–Kier alpha value is -2.09. The lowest BCUT2D eigenvalue weighted by molar-refractivity contribution is 1.14. The fourth-order valence-electron chi connectivity index (χ4n) is 2.40. The van der Waals surface area contributed by atoms with Crippen molar-refractivity contribution in [2.75, 3.05) is 0 Å². The summed E-state index contributed by atoms with van der Waals surface area (Å²) in [5.74, 6) is 0.962. The highest BCUT2D eigenvalue weighted by molar-refractivity contribution is 5.80. The summed E-state index contributed by atoms with van der Waals surface area (Å²) in [6.07, 6.45) is 1.05. The van der Waals surface area contributed by atoms with E-state index in [1.165, 1.54) is 22.3 Å². The molecule has 0 saturated heterocycles. The minimum Gasteiger partial charge on any atom is -0.338 e. The summed E-state index contributed by atoms with van der Waals surface area (Å²) in [7, 11) is 0. The van der Waals surface area contributed by atoms with Crippen LogP contribution in [-0.2, 0) is 6.42 Å². The summed E-state index contributed by atoms with van der Waals surface area (Å²) < 4.78 is 0. The van der Waals surface area contributed by atoms with Crippen molar-refractivity contribution in [3.8, 4) is 11.4 Å². The molecule has 0 unspecified atom stereocenters. The standard InChI is InChI=1S/C17H18N2/c1-4-13-7-8-15-16(10-13)19-17(18-15)14-9-11(2)5-6-12(14)3/h5-10H,4H2,1-3H3,(H,18,19). The van der Waals surface area contributed by atoms with Gasteiger partial charge in [-0.3, -0.25) is 0 Å². The van der Waals surface area contributed by atoms with Gasteiger partial charge in [-0.05, 0) is 49.6 Å². The van der Waals surface area contributed by atoms with E-state index in [1.54, 1.807) is 0 Å². The Bertz CT molecular complexity index is 738. The van der Waals surface area contributed by atoms with Gasteiger partial charge in [-0.2, -0.15) is 0 Å². The highest BCUT2D eigenvalue weighted by Gasteiger charge is 2.08. The maximum Gasteiger partial charge on any atom is 0.138 e. The Morgan fingerprint density at radius 2 is 1.89 bits per heavy atom. The molecule has 96 valence electrons. The van der Waals surface area contributed by atoms with E-state index in [9.17, 15) is 0 Å². The molecule has 0 aliphatic carbocycles. The van der Waals surface area contributed by atoms with Crippen molar-refractivity contribution in [1.29, 1.82) is 0 Å². The summed E-state index contributed by atoms with van der Waals surface area (Å²) in [6.45, 7) is 6.41. The lowest BCUT2D eigenvalue weighted by Crippen LogP contribution is -1.86. The third-order valence-corrected chi connectivity index (χ3v) is 3.60. The second-order valence-electron chi connectivity index (χ2n) is 5.11. The average Bonchev–Trinajstić information content (AvgIpc) is 2.83. The smallest absolute Gasteiger partial charge is 0.138 e. The van der Waals surface area contributed by atoms with Gasteiger partial charge in [0.25, 0.3) is 0 Å². The minimum absolute atomic E-state index is 0.962. The highest BCUT2D eigenvalue weighted by atomic mass is 14.9. The SMILES string of the molecule is CCc1ccc2nc(-c3cc(C)ccc3C)[nH]c2c1. The Balaban J connectivity index is 2.17. The van der Waals surface area contributed by atoms with E-state index in [-0.39, 0.29) is 0 Å². The summed E-state index contributed by atoms with van der Waals surface area (Å²) in [4.78, 5) is 8.15. The molecule has 0 fully saturated rings. The van der Waals surface area contributed by atoms with Crippen LogP contribution in [0.2, 0.25) is 0 Å². The summed E-state index contributed by atoms with van der Waals surface area (Å²) >= 11 is 0. The van der Waals surface area contributed by atoms with Crippen LogP contribution in [0.3, 0.4) is 0 Å². The molecule has 2 heteroatoms. The first-order valence-corrected chi connectivity index (χ1v) is 6.73. The summed E-state index contributed by atoms with van der Waals surface area (Å²) in [6, 6.07) is 12.9. The number of hydrogen-bond donors (Lipinski definition) is 1. The third kappa shape index (κ3) is 2.14. The molecule has 1 heterocycles. The Labute approximate surface area is 113 Å². The van der Waals surface area contributed by atoms with Crippen molar-refractivity contribution in [2.24, 2.45) is 0 Å². The topological polar surface area (TPSA) is 28.7 Å². The van der Waals surface area contributed by atoms with Crippen LogP contribution in [-0.4, -0.2) is 9.97 Å². The van der Waals surface area contributed by atoms with E-state index in [4.69, 9.17) is 4.98 Å². The van der Waals surface area contributed by atoms with Gasteiger partial charge in [-0.1, -0.05) is 30.7 Å². The van der Waals surface area contributed by atoms with Crippen LogP contribution in [0.15, 0.2) is 36.4 Å². The molecule has 0 aliphatic heterocycles. The monoisotopic (exact) mass is 250 g/mol. The van der Waals surface area contributed by atoms with Crippen LogP contribution < -0.4 is 0 Å². The first-order valence-electron chi connectivity index (χ1n) is 6.73. The Kier molecular flexibility index (Phi) is 2.86. The molecule has 0 atom stereocenters. The molecule has 0 aliphatic rings. The maximum absolute atomic E-state index is 4.70. The number of imidazole rings is 1. The molecular weight excluding hydrogens is 232 g/mol. The molecule has 2 aromatic carbocycles. The molecule has 2 nitrogen and oxygen atoms in total. The lowest BCUT2D eigenvalue weighted by Gasteiger charge is -2.03. The number of benzene rings is 2. The van der Waals surface area contributed by atoms with Gasteiger partial charge in [-0.25, -0.2) is 4.98 Å². The van der Waals surface area contributed by atoms with Crippen molar-refractivity contribution >= 4 is 11.0 Å². The van der Waals surface area contributed by atoms with E-state index in [2.05, 4.69) is 62.2 Å². The van der Waals surface area contributed by atoms with Crippen molar-refractivity contribution in [1.82, 2.24) is 9.97 Å². The number of nitrogens with zero attached hydrogens (tertiary/aromatic N) is 1. The Morgan fingerprint density at radius 3 is 2.68 bits per heavy atom. The number of rotatable bonds is 2. The number of aryl methyl sites for hydroxylation is 3. The van der Waals surface area contributed by atoms with Gasteiger partial charge in [-0.15, -0.1) is 0 Å². The molecule has 0 saturated carbocycles. The van der Waals surface area contributed by atoms with Crippen LogP contribution in [0.1, 0.15) is 23.6 Å². The second kappa shape index (κ2) is 4.54. The zero-order valence-corrected chi connectivity index (χ0v) is 11.6. The third-order valence-electron chi connectivity index (χ3n) is 3.60. The maximum atomic E-state index is 4.70. The zero-order valence-electron chi connectivity index (χ0n) is 11.6. The first kappa shape index (κ1) is 12.0. The molecule has 1 N–H and O–H groups in total. The fraction of sp³-hybridized carbons (Fsp3) is 0.235. The molecule has 3 rings (SSSR count). The molecule has 3 aromatic rings. The summed E-state index contributed by atoms with van der Waals surface area (Å²) in [5.41, 5.74) is 7.19. The number of nitrogens with one attached hydrogen (secondary N) is 1. The fourth-order valence-corrected chi connectivity index (χ4v) is 2.40. The van der Waals surface area contributed by atoms with Crippen LogP contribution in [0.4, 0.5) is 0 Å². The van der Waals surface area contributed by atoms with E-state index in [0.717, 1.165) is 23.3 Å². The van der Waals surface area contributed by atoms with Crippen molar-refractivity contribution in [3.05, 3.63) is 53.1 Å². The van der Waals surface area contributed by atoms with Crippen molar-refractivity contribution in [3.63, 3.8) is 0 Å². The largest absolute Gasteiger partial charge is 0.338 e. The van der Waals surface area contributed by atoms with Gasteiger partial charge in [0.05, 0.1) is 11.0 Å². The van der Waals surface area contributed by atoms with E-state index in [1.807, 2.05) is 0 Å². The highest BCUT2D eigenvalue weighted by Crippen LogP contribution is 2.25. The van der Waals surface area contributed by atoms with Crippen molar-refractivity contribution in [2.45, 2.75) is 27.2 Å².